The Morgan fingerprint density at radius 3 is 1.86 bits per heavy atom. The first-order valence-electron chi connectivity index (χ1n) is 8.04. The topological polar surface area (TPSA) is 43.4 Å². The van der Waals surface area contributed by atoms with E-state index in [1.165, 1.54) is 48.5 Å². The van der Waals surface area contributed by atoms with Gasteiger partial charge in [-0.2, -0.15) is 13.2 Å². The number of carbonyl (C=O) groups excluding carboxylic acids is 2. The SMILES string of the molecule is O=C(c1ccc(F)cc1)c1ccc(OC(=O)c2ccccc2C(F)(F)F)cc1. The Bertz CT molecular complexity index is 1010. The van der Waals surface area contributed by atoms with Gasteiger partial charge in [-0.15, -0.1) is 0 Å². The van der Waals surface area contributed by atoms with E-state index in [2.05, 4.69) is 0 Å². The van der Waals surface area contributed by atoms with Crippen LogP contribution in [0.5, 0.6) is 5.75 Å². The van der Waals surface area contributed by atoms with Gasteiger partial charge in [0.05, 0.1) is 11.1 Å². The summed E-state index contributed by atoms with van der Waals surface area (Å²) in [7, 11) is 0. The number of hydrogen-bond donors (Lipinski definition) is 0. The molecule has 0 fully saturated rings. The summed E-state index contributed by atoms with van der Waals surface area (Å²) in [6.45, 7) is 0. The van der Waals surface area contributed by atoms with Crippen LogP contribution >= 0.6 is 0 Å². The van der Waals surface area contributed by atoms with E-state index in [0.29, 0.717) is 0 Å². The predicted octanol–water partition coefficient (Wildman–Crippen LogP) is 5.29. The number of ether oxygens (including phenoxy) is 1. The maximum absolute atomic E-state index is 13.0. The molecule has 0 bridgehead atoms. The standard InChI is InChI=1S/C21H12F4O3/c22-15-9-5-13(6-10-15)19(26)14-7-11-16(12-8-14)28-20(27)17-3-1-2-4-18(17)21(23,24)25/h1-12H. The molecule has 0 N–H and O–H groups in total. The van der Waals surface area contributed by atoms with Crippen molar-refractivity contribution in [2.75, 3.05) is 0 Å². The number of halogens is 4. The van der Waals surface area contributed by atoms with Crippen molar-refractivity contribution in [2.24, 2.45) is 0 Å². The van der Waals surface area contributed by atoms with E-state index in [1.54, 1.807) is 0 Å². The van der Waals surface area contributed by atoms with Crippen molar-refractivity contribution < 1.29 is 31.9 Å². The third-order valence-corrected chi connectivity index (χ3v) is 3.89. The van der Waals surface area contributed by atoms with Gasteiger partial charge < -0.3 is 4.74 Å². The predicted molar refractivity (Wildman–Crippen MR) is 92.7 cm³/mol. The zero-order valence-electron chi connectivity index (χ0n) is 14.2. The van der Waals surface area contributed by atoms with Crippen LogP contribution in [0.3, 0.4) is 0 Å². The van der Waals surface area contributed by atoms with Crippen molar-refractivity contribution in [2.45, 2.75) is 6.18 Å². The van der Waals surface area contributed by atoms with E-state index >= 15 is 0 Å². The summed E-state index contributed by atoms with van der Waals surface area (Å²) in [5, 5.41) is 0. The Labute approximate surface area is 157 Å². The van der Waals surface area contributed by atoms with Crippen LogP contribution < -0.4 is 4.74 Å². The highest BCUT2D eigenvalue weighted by molar-refractivity contribution is 6.09. The van der Waals surface area contributed by atoms with Crippen molar-refractivity contribution in [3.63, 3.8) is 0 Å². The monoisotopic (exact) mass is 388 g/mol. The molecule has 0 saturated heterocycles. The van der Waals surface area contributed by atoms with E-state index in [-0.39, 0.29) is 22.7 Å². The molecule has 0 amide bonds. The lowest BCUT2D eigenvalue weighted by molar-refractivity contribution is -0.138. The molecule has 3 aromatic carbocycles. The molecule has 0 aliphatic rings. The molecule has 3 rings (SSSR count). The average molecular weight is 388 g/mol. The zero-order chi connectivity index (χ0) is 20.3. The van der Waals surface area contributed by atoms with Gasteiger partial charge in [0.1, 0.15) is 11.6 Å². The highest BCUT2D eigenvalue weighted by Gasteiger charge is 2.35. The molecule has 0 aromatic heterocycles. The van der Waals surface area contributed by atoms with Gasteiger partial charge in [0.15, 0.2) is 5.78 Å². The fourth-order valence-electron chi connectivity index (χ4n) is 2.51. The summed E-state index contributed by atoms with van der Waals surface area (Å²) in [4.78, 5) is 24.4. The van der Waals surface area contributed by atoms with Gasteiger partial charge in [-0.05, 0) is 60.7 Å². The molecular weight excluding hydrogens is 376 g/mol. The fraction of sp³-hybridized carbons (Fsp3) is 0.0476. The summed E-state index contributed by atoms with van der Waals surface area (Å²) in [5.41, 5.74) is -1.18. The maximum atomic E-state index is 13.0. The minimum absolute atomic E-state index is 0.0161. The molecule has 3 nitrogen and oxygen atoms in total. The second kappa shape index (κ2) is 7.64. The summed E-state index contributed by atoms with van der Waals surface area (Å²) in [5.74, 6) is -2.03. The largest absolute Gasteiger partial charge is 0.423 e. The van der Waals surface area contributed by atoms with Crippen molar-refractivity contribution in [1.29, 1.82) is 0 Å². The Balaban J connectivity index is 1.77. The number of benzene rings is 3. The molecule has 0 unspecified atom stereocenters. The quantitative estimate of drug-likeness (QED) is 0.264. The van der Waals surface area contributed by atoms with Gasteiger partial charge in [-0.1, -0.05) is 12.1 Å². The lowest BCUT2D eigenvalue weighted by atomic mass is 10.0. The second-order valence-electron chi connectivity index (χ2n) is 5.79. The number of alkyl halides is 3. The van der Waals surface area contributed by atoms with E-state index in [9.17, 15) is 27.2 Å². The first-order valence-corrected chi connectivity index (χ1v) is 8.04. The molecule has 0 radical (unpaired) electrons. The summed E-state index contributed by atoms with van der Waals surface area (Å²) in [6, 6.07) is 14.6. The van der Waals surface area contributed by atoms with Crippen LogP contribution in [0.4, 0.5) is 17.6 Å². The zero-order valence-corrected chi connectivity index (χ0v) is 14.2. The van der Waals surface area contributed by atoms with Crippen molar-refractivity contribution >= 4 is 11.8 Å². The molecule has 0 heterocycles. The van der Waals surface area contributed by atoms with E-state index in [4.69, 9.17) is 4.74 Å². The Morgan fingerprint density at radius 1 is 0.750 bits per heavy atom. The van der Waals surface area contributed by atoms with Crippen LogP contribution in [0.15, 0.2) is 72.8 Å². The Hall–Kier alpha value is -3.48. The fourth-order valence-corrected chi connectivity index (χ4v) is 2.51. The molecule has 0 spiro atoms. The Kier molecular flexibility index (Phi) is 5.26. The van der Waals surface area contributed by atoms with Gasteiger partial charge in [-0.25, -0.2) is 9.18 Å². The number of carbonyl (C=O) groups is 2. The third-order valence-electron chi connectivity index (χ3n) is 3.89. The number of esters is 1. The average Bonchev–Trinajstić information content (AvgIpc) is 2.68. The summed E-state index contributed by atoms with van der Waals surface area (Å²) < 4.78 is 57.0. The van der Waals surface area contributed by atoms with Gasteiger partial charge in [-0.3, -0.25) is 4.79 Å². The van der Waals surface area contributed by atoms with Gasteiger partial charge in [0.25, 0.3) is 0 Å². The van der Waals surface area contributed by atoms with Crippen LogP contribution in [0.25, 0.3) is 0 Å². The molecule has 0 aliphatic heterocycles. The molecular formula is C21H12F4O3. The van der Waals surface area contributed by atoms with Crippen molar-refractivity contribution in [3.05, 3.63) is 101 Å². The van der Waals surface area contributed by atoms with Crippen LogP contribution in [0.2, 0.25) is 0 Å². The minimum atomic E-state index is -4.69. The Morgan fingerprint density at radius 2 is 1.29 bits per heavy atom. The molecule has 0 aliphatic carbocycles. The normalized spacial score (nSPS) is 11.1. The molecule has 7 heteroatoms. The summed E-state index contributed by atoms with van der Waals surface area (Å²) in [6.07, 6.45) is -4.69. The van der Waals surface area contributed by atoms with Crippen LogP contribution in [-0.2, 0) is 6.18 Å². The maximum Gasteiger partial charge on any atom is 0.417 e. The minimum Gasteiger partial charge on any atom is -0.423 e. The highest BCUT2D eigenvalue weighted by Crippen LogP contribution is 2.32. The van der Waals surface area contributed by atoms with Gasteiger partial charge in [0.2, 0.25) is 0 Å². The number of rotatable bonds is 4. The number of hydrogen-bond acceptors (Lipinski definition) is 3. The van der Waals surface area contributed by atoms with E-state index in [1.807, 2.05) is 0 Å². The van der Waals surface area contributed by atoms with Crippen LogP contribution in [0, 0.1) is 5.82 Å². The van der Waals surface area contributed by atoms with Crippen LogP contribution in [-0.4, -0.2) is 11.8 Å². The summed E-state index contributed by atoms with van der Waals surface area (Å²) >= 11 is 0. The van der Waals surface area contributed by atoms with Crippen LogP contribution in [0.1, 0.15) is 31.8 Å². The van der Waals surface area contributed by atoms with E-state index in [0.717, 1.165) is 24.3 Å². The second-order valence-corrected chi connectivity index (χ2v) is 5.79. The third kappa shape index (κ3) is 4.25. The molecule has 0 saturated carbocycles. The molecule has 28 heavy (non-hydrogen) atoms. The highest BCUT2D eigenvalue weighted by atomic mass is 19.4. The lowest BCUT2D eigenvalue weighted by Crippen LogP contribution is -2.16. The first kappa shape index (κ1) is 19.3. The molecule has 0 atom stereocenters. The molecule has 3 aromatic rings. The van der Waals surface area contributed by atoms with Gasteiger partial charge >= 0.3 is 12.1 Å². The molecule has 142 valence electrons. The lowest BCUT2D eigenvalue weighted by Gasteiger charge is -2.12. The van der Waals surface area contributed by atoms with Crippen molar-refractivity contribution in [3.8, 4) is 5.75 Å². The number of ketones is 1. The smallest absolute Gasteiger partial charge is 0.417 e. The first-order chi connectivity index (χ1) is 13.3. The van der Waals surface area contributed by atoms with Crippen molar-refractivity contribution in [1.82, 2.24) is 0 Å². The van der Waals surface area contributed by atoms with Gasteiger partial charge in [0, 0.05) is 11.1 Å². The van der Waals surface area contributed by atoms with E-state index < -0.39 is 29.1 Å².